The Balaban J connectivity index is 2.50. The second-order valence-corrected chi connectivity index (χ2v) is 2.55. The minimum atomic E-state index is -0.816. The second kappa shape index (κ2) is 2.98. The average Bonchev–Trinajstić information content (AvgIpc) is 2.33. The lowest BCUT2D eigenvalue weighted by atomic mass is 9.97. The molecule has 0 aromatic carbocycles. The van der Waals surface area contributed by atoms with Crippen molar-refractivity contribution in [2.24, 2.45) is 11.8 Å². The third kappa shape index (κ3) is 1.27. The van der Waals surface area contributed by atoms with Crippen molar-refractivity contribution in [1.29, 1.82) is 0 Å². The van der Waals surface area contributed by atoms with E-state index < -0.39 is 11.9 Å². The van der Waals surface area contributed by atoms with Crippen LogP contribution in [0.15, 0.2) is 0 Å². The van der Waals surface area contributed by atoms with E-state index in [1.54, 1.807) is 0 Å². The smallest absolute Gasteiger partial charge is 0.308 e. The van der Waals surface area contributed by atoms with E-state index in [-0.39, 0.29) is 12.5 Å². The number of rotatable bonds is 2. The fraction of sp³-hybridized carbons (Fsp3) is 0.833. The van der Waals surface area contributed by atoms with Gasteiger partial charge in [0.15, 0.2) is 0 Å². The molecule has 3 N–H and O–H groups in total. The van der Waals surface area contributed by atoms with E-state index in [2.05, 4.69) is 5.32 Å². The third-order valence-electron chi connectivity index (χ3n) is 1.89. The van der Waals surface area contributed by atoms with Crippen molar-refractivity contribution < 1.29 is 15.0 Å². The molecule has 4 heteroatoms. The van der Waals surface area contributed by atoms with Crippen molar-refractivity contribution in [3.05, 3.63) is 0 Å². The molecule has 1 saturated heterocycles. The number of carboxylic acids is 1. The van der Waals surface area contributed by atoms with Crippen LogP contribution in [0.5, 0.6) is 0 Å². The lowest BCUT2D eigenvalue weighted by molar-refractivity contribution is -0.142. The summed E-state index contributed by atoms with van der Waals surface area (Å²) in [6.45, 7) is 1.07. The summed E-state index contributed by atoms with van der Waals surface area (Å²) in [7, 11) is 0. The molecule has 0 unspecified atom stereocenters. The van der Waals surface area contributed by atoms with Crippen LogP contribution in [0.3, 0.4) is 0 Å². The third-order valence-corrected chi connectivity index (χ3v) is 1.89. The van der Waals surface area contributed by atoms with Crippen molar-refractivity contribution in [3.8, 4) is 0 Å². The zero-order chi connectivity index (χ0) is 7.56. The number of carboxylic acid groups (broad SMARTS) is 1. The maximum atomic E-state index is 10.4. The zero-order valence-electron chi connectivity index (χ0n) is 5.58. The van der Waals surface area contributed by atoms with Gasteiger partial charge in [0, 0.05) is 25.6 Å². The highest BCUT2D eigenvalue weighted by molar-refractivity contribution is 5.71. The molecule has 1 heterocycles. The molecule has 0 aromatic heterocycles. The first-order chi connectivity index (χ1) is 4.75. The lowest BCUT2D eigenvalue weighted by Gasteiger charge is -2.09. The number of carbonyl (C=O) groups is 1. The maximum Gasteiger partial charge on any atom is 0.308 e. The molecule has 0 bridgehead atoms. The summed E-state index contributed by atoms with van der Waals surface area (Å²) in [6, 6.07) is 0. The van der Waals surface area contributed by atoms with Crippen LogP contribution >= 0.6 is 0 Å². The molecule has 1 aliphatic rings. The van der Waals surface area contributed by atoms with Gasteiger partial charge in [0.05, 0.1) is 5.92 Å². The van der Waals surface area contributed by atoms with Crippen LogP contribution in [0.2, 0.25) is 0 Å². The molecule has 1 aliphatic heterocycles. The van der Waals surface area contributed by atoms with Gasteiger partial charge in [0.25, 0.3) is 0 Å². The van der Waals surface area contributed by atoms with Crippen molar-refractivity contribution in [2.45, 2.75) is 0 Å². The predicted molar refractivity (Wildman–Crippen MR) is 34.6 cm³/mol. The van der Waals surface area contributed by atoms with Crippen LogP contribution < -0.4 is 5.32 Å². The molecule has 4 nitrogen and oxygen atoms in total. The molecule has 0 amide bonds. The summed E-state index contributed by atoms with van der Waals surface area (Å²) in [5.74, 6) is -1.31. The fourth-order valence-electron chi connectivity index (χ4n) is 1.21. The quantitative estimate of drug-likeness (QED) is 0.461. The molecule has 0 saturated carbocycles. The van der Waals surface area contributed by atoms with E-state index in [1.165, 1.54) is 0 Å². The number of aliphatic hydroxyl groups is 1. The Labute approximate surface area is 58.9 Å². The number of nitrogens with one attached hydrogen (secondary N) is 1. The molecular formula is C6H11NO3. The Kier molecular flexibility index (Phi) is 2.24. The largest absolute Gasteiger partial charge is 0.481 e. The Morgan fingerprint density at radius 3 is 2.70 bits per heavy atom. The van der Waals surface area contributed by atoms with Crippen molar-refractivity contribution in [3.63, 3.8) is 0 Å². The summed E-state index contributed by atoms with van der Waals surface area (Å²) >= 11 is 0. The van der Waals surface area contributed by atoms with Gasteiger partial charge in [-0.25, -0.2) is 0 Å². The highest BCUT2D eigenvalue weighted by Crippen LogP contribution is 2.15. The normalized spacial score (nSPS) is 32.5. The molecule has 1 rings (SSSR count). The molecule has 2 atom stereocenters. The SMILES string of the molecule is O=C(O)[C@@H]1CNC[C@H]1CO. The summed E-state index contributed by atoms with van der Waals surface area (Å²) in [5.41, 5.74) is 0. The molecule has 0 spiro atoms. The first-order valence-corrected chi connectivity index (χ1v) is 3.30. The minimum absolute atomic E-state index is 0.0377. The number of hydrogen-bond acceptors (Lipinski definition) is 3. The van der Waals surface area contributed by atoms with E-state index in [0.29, 0.717) is 13.1 Å². The maximum absolute atomic E-state index is 10.4. The van der Waals surface area contributed by atoms with Crippen LogP contribution in [-0.2, 0) is 4.79 Å². The van der Waals surface area contributed by atoms with Gasteiger partial charge in [-0.1, -0.05) is 0 Å². The van der Waals surface area contributed by atoms with E-state index in [9.17, 15) is 4.79 Å². The molecule has 0 radical (unpaired) electrons. The van der Waals surface area contributed by atoms with Crippen LogP contribution in [-0.4, -0.2) is 35.9 Å². The van der Waals surface area contributed by atoms with Gasteiger partial charge in [-0.2, -0.15) is 0 Å². The van der Waals surface area contributed by atoms with E-state index in [0.717, 1.165) is 0 Å². The minimum Gasteiger partial charge on any atom is -0.481 e. The van der Waals surface area contributed by atoms with Crippen molar-refractivity contribution >= 4 is 5.97 Å². The Morgan fingerprint density at radius 2 is 2.30 bits per heavy atom. The lowest BCUT2D eigenvalue weighted by Crippen LogP contribution is -2.24. The predicted octanol–water partition coefficient (Wildman–Crippen LogP) is -1.10. The first-order valence-electron chi connectivity index (χ1n) is 3.30. The summed E-state index contributed by atoms with van der Waals surface area (Å²) in [4.78, 5) is 10.4. The topological polar surface area (TPSA) is 69.6 Å². The van der Waals surface area contributed by atoms with Gasteiger partial charge in [-0.15, -0.1) is 0 Å². The van der Waals surface area contributed by atoms with Gasteiger partial charge in [-0.05, 0) is 0 Å². The number of aliphatic carboxylic acids is 1. The zero-order valence-corrected chi connectivity index (χ0v) is 5.58. The molecule has 10 heavy (non-hydrogen) atoms. The van der Waals surface area contributed by atoms with Gasteiger partial charge >= 0.3 is 5.97 Å². The highest BCUT2D eigenvalue weighted by Gasteiger charge is 2.31. The van der Waals surface area contributed by atoms with Gasteiger partial charge in [-0.3, -0.25) is 4.79 Å². The molecule has 0 aliphatic carbocycles. The van der Waals surface area contributed by atoms with Crippen LogP contribution in [0, 0.1) is 11.8 Å². The first kappa shape index (κ1) is 7.50. The number of aliphatic hydroxyl groups excluding tert-OH is 1. The van der Waals surface area contributed by atoms with Gasteiger partial charge < -0.3 is 15.5 Å². The van der Waals surface area contributed by atoms with E-state index >= 15 is 0 Å². The molecule has 0 aromatic rings. The fourth-order valence-corrected chi connectivity index (χ4v) is 1.21. The molecule has 58 valence electrons. The molecular weight excluding hydrogens is 134 g/mol. The standard InChI is InChI=1S/C6H11NO3/c8-3-4-1-7-2-5(4)6(9)10/h4-5,7-8H,1-3H2,(H,9,10)/t4-,5+/m0/s1. The van der Waals surface area contributed by atoms with Gasteiger partial charge in [0.1, 0.15) is 0 Å². The van der Waals surface area contributed by atoms with Crippen LogP contribution in [0.4, 0.5) is 0 Å². The Bertz CT molecular complexity index is 137. The Morgan fingerprint density at radius 1 is 1.60 bits per heavy atom. The van der Waals surface area contributed by atoms with E-state index in [1.807, 2.05) is 0 Å². The number of hydrogen-bond donors (Lipinski definition) is 3. The average molecular weight is 145 g/mol. The molecule has 1 fully saturated rings. The highest BCUT2D eigenvalue weighted by atomic mass is 16.4. The summed E-state index contributed by atoms with van der Waals surface area (Å²) < 4.78 is 0. The van der Waals surface area contributed by atoms with Crippen LogP contribution in [0.25, 0.3) is 0 Å². The van der Waals surface area contributed by atoms with Gasteiger partial charge in [0.2, 0.25) is 0 Å². The van der Waals surface area contributed by atoms with Crippen molar-refractivity contribution in [1.82, 2.24) is 5.32 Å². The Hall–Kier alpha value is -0.610. The van der Waals surface area contributed by atoms with Crippen molar-refractivity contribution in [2.75, 3.05) is 19.7 Å². The second-order valence-electron chi connectivity index (χ2n) is 2.55. The van der Waals surface area contributed by atoms with E-state index in [4.69, 9.17) is 10.2 Å². The monoisotopic (exact) mass is 145 g/mol. The van der Waals surface area contributed by atoms with Crippen LogP contribution in [0.1, 0.15) is 0 Å². The summed E-state index contributed by atoms with van der Waals surface area (Å²) in [5, 5.41) is 20.2. The summed E-state index contributed by atoms with van der Waals surface area (Å²) in [6.07, 6.45) is 0.